The maximum absolute atomic E-state index is 5.95. The molecule has 0 fully saturated rings. The lowest BCUT2D eigenvalue weighted by atomic mass is 10.1. The Hall–Kier alpha value is -0.530. The zero-order chi connectivity index (χ0) is 10.1. The van der Waals surface area contributed by atoms with Gasteiger partial charge in [0.2, 0.25) is 0 Å². The Morgan fingerprint density at radius 3 is 2.86 bits per heavy atom. The predicted octanol–water partition coefficient (Wildman–Crippen LogP) is 2.45. The smallest absolute Gasteiger partial charge is 0.0408 e. The highest BCUT2D eigenvalue weighted by molar-refractivity contribution is 6.30. The van der Waals surface area contributed by atoms with Crippen molar-refractivity contribution in [3.8, 4) is 0 Å². The van der Waals surface area contributed by atoms with E-state index >= 15 is 0 Å². The van der Waals surface area contributed by atoms with Crippen LogP contribution in [0.1, 0.15) is 11.1 Å². The molecule has 0 saturated carbocycles. The number of nitrogens with zero attached hydrogens (tertiary/aromatic N) is 1. The Morgan fingerprint density at radius 2 is 2.14 bits per heavy atom. The van der Waals surface area contributed by atoms with Gasteiger partial charge in [0.05, 0.1) is 0 Å². The molecule has 1 aliphatic carbocycles. The largest absolute Gasteiger partial charge is 0.302 e. The first-order chi connectivity index (χ1) is 6.70. The molecule has 74 valence electrons. The highest BCUT2D eigenvalue weighted by Gasteiger charge is 2.23. The molecule has 1 aromatic rings. The van der Waals surface area contributed by atoms with Crippen LogP contribution in [0.4, 0.5) is 0 Å². The Labute approximate surface area is 90.7 Å². The lowest BCUT2D eigenvalue weighted by Gasteiger charge is -2.21. The van der Waals surface area contributed by atoms with Crippen LogP contribution in [0, 0.1) is 6.92 Å². The molecule has 1 aromatic carbocycles. The molecule has 0 N–H and O–H groups in total. The molecule has 0 saturated heterocycles. The molecule has 2 rings (SSSR count). The molecule has 0 bridgehead atoms. The first-order valence-electron chi connectivity index (χ1n) is 4.88. The van der Waals surface area contributed by atoms with Gasteiger partial charge in [-0.3, -0.25) is 0 Å². The molecule has 2 radical (unpaired) electrons. The van der Waals surface area contributed by atoms with E-state index in [1.165, 1.54) is 11.1 Å². The summed E-state index contributed by atoms with van der Waals surface area (Å²) in [6.07, 6.45) is 2.17. The van der Waals surface area contributed by atoms with E-state index in [0.717, 1.165) is 17.9 Å². The molecule has 1 nitrogen and oxygen atoms in total. The monoisotopic (exact) mass is 207 g/mol. The third-order valence-corrected chi connectivity index (χ3v) is 3.23. The summed E-state index contributed by atoms with van der Waals surface area (Å²) in [6, 6.07) is 6.71. The lowest BCUT2D eigenvalue weighted by molar-refractivity contribution is 0.274. The molecular weight excluding hydrogens is 194 g/mol. The number of fused-ring (bicyclic) bond motifs is 1. The topological polar surface area (TPSA) is 3.24 Å². The Bertz CT molecular complexity index is 335. The van der Waals surface area contributed by atoms with Gasteiger partial charge in [0.25, 0.3) is 0 Å². The van der Waals surface area contributed by atoms with Crippen molar-refractivity contribution in [2.45, 2.75) is 18.9 Å². The zero-order valence-corrected chi connectivity index (χ0v) is 9.09. The zero-order valence-electron chi connectivity index (χ0n) is 8.33. The van der Waals surface area contributed by atoms with Crippen LogP contribution in [0.15, 0.2) is 18.2 Å². The highest BCUT2D eigenvalue weighted by atomic mass is 35.5. The summed E-state index contributed by atoms with van der Waals surface area (Å²) in [5, 5.41) is 0.833. The molecule has 0 aliphatic heterocycles. The fourth-order valence-corrected chi connectivity index (χ4v) is 2.22. The van der Waals surface area contributed by atoms with Crippen LogP contribution in [0.25, 0.3) is 0 Å². The summed E-state index contributed by atoms with van der Waals surface area (Å²) >= 11 is 5.95. The fourth-order valence-electron chi connectivity index (χ4n) is 2.02. The second-order valence-electron chi connectivity index (χ2n) is 3.91. The molecule has 1 unspecified atom stereocenters. The highest BCUT2D eigenvalue weighted by Crippen LogP contribution is 2.27. The third-order valence-electron chi connectivity index (χ3n) is 2.99. The molecule has 14 heavy (non-hydrogen) atoms. The van der Waals surface area contributed by atoms with E-state index < -0.39 is 0 Å². The second kappa shape index (κ2) is 3.92. The summed E-state index contributed by atoms with van der Waals surface area (Å²) in [4.78, 5) is 2.19. The first kappa shape index (κ1) is 10.0. The molecule has 0 heterocycles. The maximum atomic E-state index is 5.95. The van der Waals surface area contributed by atoms with Crippen molar-refractivity contribution in [1.29, 1.82) is 0 Å². The SMILES string of the molecule is [CH]CN(C)C1Cc2ccc(Cl)cc2C1. The van der Waals surface area contributed by atoms with Crippen LogP contribution >= 0.6 is 11.6 Å². The van der Waals surface area contributed by atoms with Crippen molar-refractivity contribution in [3.63, 3.8) is 0 Å². The van der Waals surface area contributed by atoms with Crippen molar-refractivity contribution < 1.29 is 0 Å². The van der Waals surface area contributed by atoms with Crippen LogP contribution < -0.4 is 0 Å². The molecule has 0 aromatic heterocycles. The normalized spacial score (nSPS) is 20.1. The Morgan fingerprint density at radius 1 is 1.43 bits per heavy atom. The molecular formula is C12H14ClN. The summed E-state index contributed by atoms with van der Waals surface area (Å²) in [7, 11) is 2.07. The number of rotatable bonds is 2. The van der Waals surface area contributed by atoms with Gasteiger partial charge in [0, 0.05) is 17.6 Å². The van der Waals surface area contributed by atoms with Gasteiger partial charge in [-0.25, -0.2) is 0 Å². The van der Waals surface area contributed by atoms with E-state index in [4.69, 9.17) is 18.5 Å². The molecule has 1 atom stereocenters. The van der Waals surface area contributed by atoms with Gasteiger partial charge in [-0.1, -0.05) is 17.7 Å². The molecule has 2 heteroatoms. The van der Waals surface area contributed by atoms with Gasteiger partial charge in [-0.05, 0) is 50.1 Å². The van der Waals surface area contributed by atoms with Gasteiger partial charge in [-0.15, -0.1) is 0 Å². The maximum Gasteiger partial charge on any atom is 0.0408 e. The summed E-state index contributed by atoms with van der Waals surface area (Å²) in [5.74, 6) is 0. The minimum atomic E-state index is 0.550. The van der Waals surface area contributed by atoms with E-state index in [0.29, 0.717) is 12.6 Å². The minimum Gasteiger partial charge on any atom is -0.302 e. The fraction of sp³-hybridized carbons (Fsp3) is 0.417. The van der Waals surface area contributed by atoms with Gasteiger partial charge in [0.15, 0.2) is 0 Å². The number of likely N-dealkylation sites (N-methyl/N-ethyl adjacent to an activating group) is 1. The quantitative estimate of drug-likeness (QED) is 0.720. The van der Waals surface area contributed by atoms with Crippen molar-refractivity contribution in [2.24, 2.45) is 0 Å². The number of benzene rings is 1. The summed E-state index contributed by atoms with van der Waals surface area (Å²) < 4.78 is 0. The Balaban J connectivity index is 2.17. The molecule has 0 spiro atoms. The van der Waals surface area contributed by atoms with Crippen molar-refractivity contribution in [3.05, 3.63) is 41.3 Å². The van der Waals surface area contributed by atoms with Gasteiger partial charge in [-0.2, -0.15) is 0 Å². The second-order valence-corrected chi connectivity index (χ2v) is 4.35. The lowest BCUT2D eigenvalue weighted by Crippen LogP contribution is -2.31. The van der Waals surface area contributed by atoms with Crippen LogP contribution in [0.5, 0.6) is 0 Å². The van der Waals surface area contributed by atoms with Crippen LogP contribution in [-0.2, 0) is 12.8 Å². The standard InChI is InChI=1S/C12H14ClN/c1-3-14(2)12-7-9-4-5-11(13)6-10(9)8-12/h1,4-6,12H,3,7-8H2,2H3. The average Bonchev–Trinajstić information content (AvgIpc) is 2.59. The van der Waals surface area contributed by atoms with E-state index in [-0.39, 0.29) is 0 Å². The van der Waals surface area contributed by atoms with Crippen molar-refractivity contribution in [2.75, 3.05) is 13.6 Å². The van der Waals surface area contributed by atoms with Crippen LogP contribution in [0.2, 0.25) is 5.02 Å². The first-order valence-corrected chi connectivity index (χ1v) is 5.26. The van der Waals surface area contributed by atoms with E-state index in [1.54, 1.807) is 0 Å². The van der Waals surface area contributed by atoms with Crippen LogP contribution in [0.3, 0.4) is 0 Å². The molecule has 1 aliphatic rings. The van der Waals surface area contributed by atoms with E-state index in [1.807, 2.05) is 6.07 Å². The van der Waals surface area contributed by atoms with Gasteiger partial charge in [0.1, 0.15) is 0 Å². The van der Waals surface area contributed by atoms with Gasteiger partial charge < -0.3 is 4.90 Å². The average molecular weight is 208 g/mol. The van der Waals surface area contributed by atoms with Crippen LogP contribution in [-0.4, -0.2) is 24.5 Å². The predicted molar refractivity (Wildman–Crippen MR) is 59.6 cm³/mol. The number of halogens is 1. The molecule has 0 amide bonds. The van der Waals surface area contributed by atoms with E-state index in [2.05, 4.69) is 24.1 Å². The van der Waals surface area contributed by atoms with Crippen molar-refractivity contribution >= 4 is 11.6 Å². The van der Waals surface area contributed by atoms with Crippen molar-refractivity contribution in [1.82, 2.24) is 4.90 Å². The Kier molecular flexibility index (Phi) is 2.80. The van der Waals surface area contributed by atoms with Gasteiger partial charge >= 0.3 is 0 Å². The summed E-state index contributed by atoms with van der Waals surface area (Å²) in [5.41, 5.74) is 2.79. The van der Waals surface area contributed by atoms with E-state index in [9.17, 15) is 0 Å². The number of hydrogen-bond acceptors (Lipinski definition) is 1. The summed E-state index contributed by atoms with van der Waals surface area (Å²) in [6.45, 7) is 6.23. The third kappa shape index (κ3) is 1.79. The minimum absolute atomic E-state index is 0.550. The number of hydrogen-bond donors (Lipinski definition) is 0.